The van der Waals surface area contributed by atoms with Gasteiger partial charge in [0.25, 0.3) is 0 Å². The topological polar surface area (TPSA) is 41.7 Å². The Balaban J connectivity index is 1.40. The number of rotatable bonds is 7. The minimum atomic E-state index is 0.608. The van der Waals surface area contributed by atoms with Crippen LogP contribution in [0.15, 0.2) is 46.7 Å². The lowest BCUT2D eigenvalue weighted by Crippen LogP contribution is -2.41. The van der Waals surface area contributed by atoms with Crippen LogP contribution in [-0.4, -0.2) is 53.8 Å². The first-order valence-corrected chi connectivity index (χ1v) is 12.6. The Morgan fingerprint density at radius 2 is 1.86 bits per heavy atom. The molecular weight excluding hydrogens is 406 g/mol. The first kappa shape index (κ1) is 20.7. The average Bonchev–Trinajstić information content (AvgIpc) is 3.22. The summed E-state index contributed by atoms with van der Waals surface area (Å²) in [6, 6.07) is 15.5. The molecule has 2 aliphatic rings. The van der Waals surface area contributed by atoms with Crippen LogP contribution in [0.3, 0.4) is 0 Å². The molecular formula is C21H29N3OS3. The standard InChI is InChI=1S/C21H29N3OS3/c22-13-20-6-7-21(27-20)26-16-17-12-19(18-4-2-1-3-5-18)15-24(14-17)28-23-8-10-25-11-9-23/h1-7,17,19H,8-16,22H2. The van der Waals surface area contributed by atoms with E-state index in [4.69, 9.17) is 10.5 Å². The van der Waals surface area contributed by atoms with Crippen LogP contribution in [0, 0.1) is 5.92 Å². The maximum atomic E-state index is 5.77. The fourth-order valence-electron chi connectivity index (χ4n) is 3.85. The molecule has 3 heterocycles. The molecule has 7 heteroatoms. The van der Waals surface area contributed by atoms with E-state index in [1.807, 2.05) is 35.2 Å². The van der Waals surface area contributed by atoms with Gasteiger partial charge in [-0.15, -0.1) is 23.1 Å². The minimum absolute atomic E-state index is 0.608. The Morgan fingerprint density at radius 1 is 1.04 bits per heavy atom. The van der Waals surface area contributed by atoms with Crippen LogP contribution in [0.4, 0.5) is 0 Å². The Morgan fingerprint density at radius 3 is 2.61 bits per heavy atom. The van der Waals surface area contributed by atoms with Gasteiger partial charge in [0.2, 0.25) is 0 Å². The first-order valence-electron chi connectivity index (χ1n) is 10.0. The summed E-state index contributed by atoms with van der Waals surface area (Å²) >= 11 is 5.78. The van der Waals surface area contributed by atoms with E-state index in [1.54, 1.807) is 0 Å². The second-order valence-corrected chi connectivity index (χ2v) is 11.1. The van der Waals surface area contributed by atoms with Crippen molar-refractivity contribution in [2.45, 2.75) is 23.1 Å². The third-order valence-electron chi connectivity index (χ3n) is 5.28. The van der Waals surface area contributed by atoms with Gasteiger partial charge >= 0.3 is 0 Å². The maximum absolute atomic E-state index is 5.77. The molecule has 2 aromatic rings. The molecule has 2 N–H and O–H groups in total. The average molecular weight is 436 g/mol. The van der Waals surface area contributed by atoms with Crippen molar-refractivity contribution >= 4 is 35.2 Å². The van der Waals surface area contributed by atoms with Crippen molar-refractivity contribution in [1.82, 2.24) is 8.61 Å². The van der Waals surface area contributed by atoms with Crippen molar-refractivity contribution in [3.63, 3.8) is 0 Å². The number of ether oxygens (including phenoxy) is 1. The summed E-state index contributed by atoms with van der Waals surface area (Å²) in [5, 5.41) is 0. The van der Waals surface area contributed by atoms with E-state index in [0.29, 0.717) is 18.4 Å². The number of piperidine rings is 1. The highest BCUT2D eigenvalue weighted by atomic mass is 32.2. The van der Waals surface area contributed by atoms with Crippen molar-refractivity contribution in [3.8, 4) is 0 Å². The molecule has 152 valence electrons. The van der Waals surface area contributed by atoms with Gasteiger partial charge < -0.3 is 10.5 Å². The summed E-state index contributed by atoms with van der Waals surface area (Å²) in [4.78, 5) is 1.28. The smallest absolute Gasteiger partial charge is 0.0603 e. The number of thiophene rings is 1. The van der Waals surface area contributed by atoms with Gasteiger partial charge in [0.15, 0.2) is 0 Å². The van der Waals surface area contributed by atoms with E-state index in [0.717, 1.165) is 39.4 Å². The Kier molecular flexibility index (Phi) is 7.75. The van der Waals surface area contributed by atoms with Crippen LogP contribution in [-0.2, 0) is 11.3 Å². The number of nitrogens with zero attached hydrogens (tertiary/aromatic N) is 2. The summed E-state index contributed by atoms with van der Waals surface area (Å²) in [6.45, 7) is 6.68. The molecule has 0 spiro atoms. The van der Waals surface area contributed by atoms with E-state index in [1.165, 1.54) is 26.8 Å². The normalized spacial score (nSPS) is 24.5. The van der Waals surface area contributed by atoms with Crippen molar-refractivity contribution in [3.05, 3.63) is 52.9 Å². The molecule has 28 heavy (non-hydrogen) atoms. The predicted octanol–water partition coefficient (Wildman–Crippen LogP) is 4.30. The zero-order valence-corrected chi connectivity index (χ0v) is 18.6. The van der Waals surface area contributed by atoms with Crippen LogP contribution in [0.5, 0.6) is 0 Å². The summed E-state index contributed by atoms with van der Waals surface area (Å²) in [7, 11) is 0. The number of thioether (sulfide) groups is 1. The number of benzene rings is 1. The minimum Gasteiger partial charge on any atom is -0.379 e. The maximum Gasteiger partial charge on any atom is 0.0603 e. The van der Waals surface area contributed by atoms with Crippen LogP contribution in [0.25, 0.3) is 0 Å². The predicted molar refractivity (Wildman–Crippen MR) is 122 cm³/mol. The second kappa shape index (κ2) is 10.5. The number of hydrogen-bond acceptors (Lipinski definition) is 7. The lowest BCUT2D eigenvalue weighted by atomic mass is 9.86. The monoisotopic (exact) mass is 435 g/mol. The van der Waals surface area contributed by atoms with E-state index in [-0.39, 0.29) is 0 Å². The first-order chi connectivity index (χ1) is 13.8. The molecule has 2 fully saturated rings. The molecule has 0 amide bonds. The SMILES string of the molecule is NCc1ccc(SCC2CC(c3ccccc3)CN(SN3CCOCC3)C2)s1. The Bertz CT molecular complexity index is 721. The number of morpholine rings is 1. The van der Waals surface area contributed by atoms with Gasteiger partial charge in [0, 0.05) is 55.5 Å². The van der Waals surface area contributed by atoms with Crippen LogP contribution in [0.2, 0.25) is 0 Å². The van der Waals surface area contributed by atoms with Crippen LogP contribution < -0.4 is 5.73 Å². The van der Waals surface area contributed by atoms with E-state index in [2.05, 4.69) is 51.1 Å². The summed E-state index contributed by atoms with van der Waals surface area (Å²) in [5.74, 6) is 2.48. The number of nitrogens with two attached hydrogens (primary N) is 1. The third-order valence-corrected chi connectivity index (χ3v) is 8.96. The summed E-state index contributed by atoms with van der Waals surface area (Å²) in [6.07, 6.45) is 1.27. The van der Waals surface area contributed by atoms with Crippen molar-refractivity contribution in [2.75, 3.05) is 45.1 Å². The van der Waals surface area contributed by atoms with Gasteiger partial charge in [-0.2, -0.15) is 0 Å². The molecule has 0 aliphatic carbocycles. The van der Waals surface area contributed by atoms with Crippen LogP contribution in [0.1, 0.15) is 22.8 Å². The van der Waals surface area contributed by atoms with Gasteiger partial charge in [0.1, 0.15) is 0 Å². The van der Waals surface area contributed by atoms with Crippen molar-refractivity contribution in [1.29, 1.82) is 0 Å². The molecule has 2 saturated heterocycles. The lowest BCUT2D eigenvalue weighted by Gasteiger charge is -2.39. The van der Waals surface area contributed by atoms with E-state index in [9.17, 15) is 0 Å². The second-order valence-electron chi connectivity index (χ2n) is 7.42. The highest BCUT2D eigenvalue weighted by Gasteiger charge is 2.30. The third kappa shape index (κ3) is 5.75. The van der Waals surface area contributed by atoms with Crippen molar-refractivity contribution < 1.29 is 4.74 Å². The molecule has 2 atom stereocenters. The summed E-state index contributed by atoms with van der Waals surface area (Å²) in [5.41, 5.74) is 7.25. The van der Waals surface area contributed by atoms with Gasteiger partial charge in [0.05, 0.1) is 17.4 Å². The Labute approximate surface area is 181 Å². The van der Waals surface area contributed by atoms with Crippen LogP contribution >= 0.6 is 35.2 Å². The largest absolute Gasteiger partial charge is 0.379 e. The lowest BCUT2D eigenvalue weighted by molar-refractivity contribution is 0.0751. The highest BCUT2D eigenvalue weighted by Crippen LogP contribution is 2.37. The van der Waals surface area contributed by atoms with Gasteiger partial charge in [-0.25, -0.2) is 8.61 Å². The van der Waals surface area contributed by atoms with Gasteiger partial charge in [-0.1, -0.05) is 30.3 Å². The quantitative estimate of drug-likeness (QED) is 0.517. The molecule has 2 aliphatic heterocycles. The highest BCUT2D eigenvalue weighted by molar-refractivity contribution is 8.01. The van der Waals surface area contributed by atoms with Crippen molar-refractivity contribution in [2.24, 2.45) is 11.7 Å². The van der Waals surface area contributed by atoms with Gasteiger partial charge in [-0.3, -0.25) is 0 Å². The molecule has 2 unspecified atom stereocenters. The molecule has 4 nitrogen and oxygen atoms in total. The Hall–Kier alpha value is -0.540. The molecule has 0 saturated carbocycles. The number of hydrogen-bond donors (Lipinski definition) is 1. The fraction of sp³-hybridized carbons (Fsp3) is 0.524. The van der Waals surface area contributed by atoms with E-state index < -0.39 is 0 Å². The molecule has 4 rings (SSSR count). The molecule has 1 aromatic carbocycles. The molecule has 0 radical (unpaired) electrons. The zero-order chi connectivity index (χ0) is 19.2. The molecule has 0 bridgehead atoms. The summed E-state index contributed by atoms with van der Waals surface area (Å²) < 4.78 is 12.0. The van der Waals surface area contributed by atoms with E-state index >= 15 is 0 Å². The van der Waals surface area contributed by atoms with Gasteiger partial charge in [-0.05, 0) is 36.0 Å². The fourth-order valence-corrected chi connectivity index (χ4v) is 7.19. The molecule has 1 aromatic heterocycles. The zero-order valence-electron chi connectivity index (χ0n) is 16.2.